The van der Waals surface area contributed by atoms with Gasteiger partial charge < -0.3 is 14.4 Å². The molecule has 1 aromatic heterocycles. The van der Waals surface area contributed by atoms with E-state index in [1.165, 1.54) is 5.56 Å². The van der Waals surface area contributed by atoms with Gasteiger partial charge in [0.1, 0.15) is 6.54 Å². The lowest BCUT2D eigenvalue weighted by atomic mass is 9.95. The fourth-order valence-corrected chi connectivity index (χ4v) is 5.46. The van der Waals surface area contributed by atoms with Gasteiger partial charge in [0.05, 0.1) is 6.04 Å². The van der Waals surface area contributed by atoms with Crippen molar-refractivity contribution in [3.63, 3.8) is 0 Å². The Balaban J connectivity index is 1.37. The number of rotatable bonds is 8. The molecule has 2 heterocycles. The van der Waals surface area contributed by atoms with E-state index in [1.54, 1.807) is 4.90 Å². The molecule has 1 aliphatic heterocycles. The van der Waals surface area contributed by atoms with E-state index in [2.05, 4.69) is 67.1 Å². The molecule has 0 saturated carbocycles. The van der Waals surface area contributed by atoms with E-state index in [0.29, 0.717) is 24.6 Å². The van der Waals surface area contributed by atoms with E-state index in [4.69, 9.17) is 0 Å². The summed E-state index contributed by atoms with van der Waals surface area (Å²) < 4.78 is 2.23. The molecule has 39 heavy (non-hydrogen) atoms. The molecule has 0 saturated heterocycles. The van der Waals surface area contributed by atoms with Crippen LogP contribution in [0.3, 0.4) is 0 Å². The average Bonchev–Trinajstić information content (AvgIpc) is 3.46. The highest BCUT2D eigenvalue weighted by Gasteiger charge is 2.33. The van der Waals surface area contributed by atoms with Gasteiger partial charge in [0.15, 0.2) is 0 Å². The predicted octanol–water partition coefficient (Wildman–Crippen LogP) is 6.76. The number of hydrogen-bond donors (Lipinski definition) is 0. The van der Waals surface area contributed by atoms with Crippen molar-refractivity contribution >= 4 is 11.8 Å². The van der Waals surface area contributed by atoms with Crippen molar-refractivity contribution < 1.29 is 9.59 Å². The van der Waals surface area contributed by atoms with Crippen molar-refractivity contribution in [1.29, 1.82) is 0 Å². The molecule has 0 radical (unpaired) electrons. The molecule has 5 nitrogen and oxygen atoms in total. The summed E-state index contributed by atoms with van der Waals surface area (Å²) in [5, 5.41) is 0. The molecule has 3 aromatic carbocycles. The molecular formula is C34H37N3O2. The molecule has 1 atom stereocenters. The van der Waals surface area contributed by atoms with Crippen LogP contribution in [0.25, 0.3) is 11.1 Å². The summed E-state index contributed by atoms with van der Waals surface area (Å²) >= 11 is 0. The number of aromatic nitrogens is 1. The maximum atomic E-state index is 13.9. The van der Waals surface area contributed by atoms with Crippen molar-refractivity contribution in [1.82, 2.24) is 14.4 Å². The molecule has 1 aliphatic rings. The standard InChI is InChI=1S/C34H37N3O2/c1-4-20-36(34(39)30-18-14-28(15-19-30)27-9-6-5-7-10-27)24-32(38)37-23-22-35-21-8-11-31(35)33(37)29-16-12-26(13-17-29)25(2)3/h5-19,21,25,33H,4,20,22-24H2,1-3H3. The zero-order valence-electron chi connectivity index (χ0n) is 23.1. The van der Waals surface area contributed by atoms with E-state index < -0.39 is 0 Å². The zero-order valence-corrected chi connectivity index (χ0v) is 23.1. The van der Waals surface area contributed by atoms with Crippen LogP contribution in [0.5, 0.6) is 0 Å². The van der Waals surface area contributed by atoms with Gasteiger partial charge in [-0.15, -0.1) is 0 Å². The molecule has 0 spiro atoms. The molecule has 0 aliphatic carbocycles. The van der Waals surface area contributed by atoms with Crippen LogP contribution in [0.2, 0.25) is 0 Å². The predicted molar refractivity (Wildman–Crippen MR) is 157 cm³/mol. The first kappa shape index (κ1) is 26.5. The van der Waals surface area contributed by atoms with Crippen LogP contribution in [0.4, 0.5) is 0 Å². The minimum atomic E-state index is -0.175. The number of carbonyl (C=O) groups is 2. The van der Waals surface area contributed by atoms with Gasteiger partial charge >= 0.3 is 0 Å². The number of nitrogens with zero attached hydrogens (tertiary/aromatic N) is 3. The third-order valence-corrected chi connectivity index (χ3v) is 7.62. The Morgan fingerprint density at radius 2 is 1.54 bits per heavy atom. The number of fused-ring (bicyclic) bond motifs is 1. The van der Waals surface area contributed by atoms with Gasteiger partial charge in [0, 0.05) is 37.1 Å². The van der Waals surface area contributed by atoms with Gasteiger partial charge in [-0.05, 0) is 58.9 Å². The zero-order chi connectivity index (χ0) is 27.4. The number of carbonyl (C=O) groups excluding carboxylic acids is 2. The van der Waals surface area contributed by atoms with Crippen LogP contribution >= 0.6 is 0 Å². The third kappa shape index (κ3) is 5.68. The summed E-state index contributed by atoms with van der Waals surface area (Å²) in [7, 11) is 0. The Bertz CT molecular complexity index is 1410. The summed E-state index contributed by atoms with van der Waals surface area (Å²) in [6.07, 6.45) is 2.86. The Hall–Kier alpha value is -4.12. The summed E-state index contributed by atoms with van der Waals surface area (Å²) in [6.45, 7) is 8.36. The molecule has 200 valence electrons. The summed E-state index contributed by atoms with van der Waals surface area (Å²) in [5.41, 5.74) is 6.26. The summed E-state index contributed by atoms with van der Waals surface area (Å²) in [5.74, 6) is 0.313. The van der Waals surface area contributed by atoms with Gasteiger partial charge in [-0.2, -0.15) is 0 Å². The average molecular weight is 520 g/mol. The largest absolute Gasteiger partial charge is 0.348 e. The molecule has 5 rings (SSSR count). The minimum absolute atomic E-state index is 0.0249. The first-order valence-corrected chi connectivity index (χ1v) is 14.0. The van der Waals surface area contributed by atoms with E-state index in [1.807, 2.05) is 60.4 Å². The van der Waals surface area contributed by atoms with Crippen LogP contribution < -0.4 is 0 Å². The second kappa shape index (κ2) is 11.7. The second-order valence-electron chi connectivity index (χ2n) is 10.6. The van der Waals surface area contributed by atoms with Crippen LogP contribution in [-0.4, -0.2) is 45.8 Å². The lowest BCUT2D eigenvalue weighted by Gasteiger charge is -2.38. The molecule has 0 N–H and O–H groups in total. The third-order valence-electron chi connectivity index (χ3n) is 7.62. The number of benzene rings is 3. The van der Waals surface area contributed by atoms with Crippen molar-refractivity contribution in [2.75, 3.05) is 19.6 Å². The maximum Gasteiger partial charge on any atom is 0.254 e. The minimum Gasteiger partial charge on any atom is -0.348 e. The Morgan fingerprint density at radius 1 is 0.846 bits per heavy atom. The highest BCUT2D eigenvalue weighted by atomic mass is 16.2. The Kier molecular flexibility index (Phi) is 7.97. The second-order valence-corrected chi connectivity index (χ2v) is 10.6. The van der Waals surface area contributed by atoms with Crippen LogP contribution in [0, 0.1) is 0 Å². The first-order valence-electron chi connectivity index (χ1n) is 14.0. The quantitative estimate of drug-likeness (QED) is 0.258. The van der Waals surface area contributed by atoms with Crippen LogP contribution in [-0.2, 0) is 11.3 Å². The Morgan fingerprint density at radius 3 is 2.21 bits per heavy atom. The van der Waals surface area contributed by atoms with Crippen molar-refractivity contribution in [2.45, 2.75) is 45.7 Å². The first-order chi connectivity index (χ1) is 19.0. The van der Waals surface area contributed by atoms with E-state index in [-0.39, 0.29) is 24.4 Å². The smallest absolute Gasteiger partial charge is 0.254 e. The number of hydrogen-bond acceptors (Lipinski definition) is 2. The molecule has 0 bridgehead atoms. The maximum absolute atomic E-state index is 13.9. The van der Waals surface area contributed by atoms with E-state index in [0.717, 1.165) is 35.3 Å². The highest BCUT2D eigenvalue weighted by molar-refractivity contribution is 5.97. The summed E-state index contributed by atoms with van der Waals surface area (Å²) in [4.78, 5) is 31.1. The van der Waals surface area contributed by atoms with Gasteiger partial charge in [0.25, 0.3) is 5.91 Å². The summed E-state index contributed by atoms with van der Waals surface area (Å²) in [6, 6.07) is 30.4. The topological polar surface area (TPSA) is 45.6 Å². The molecule has 5 heteroatoms. The van der Waals surface area contributed by atoms with Crippen molar-refractivity contribution in [3.8, 4) is 11.1 Å². The van der Waals surface area contributed by atoms with Gasteiger partial charge in [0.2, 0.25) is 5.91 Å². The molecule has 0 fully saturated rings. The monoisotopic (exact) mass is 519 g/mol. The van der Waals surface area contributed by atoms with E-state index >= 15 is 0 Å². The highest BCUT2D eigenvalue weighted by Crippen LogP contribution is 2.33. The van der Waals surface area contributed by atoms with Gasteiger partial charge in [-0.1, -0.05) is 87.5 Å². The lowest BCUT2D eigenvalue weighted by molar-refractivity contribution is -0.134. The normalized spacial score (nSPS) is 14.8. The van der Waals surface area contributed by atoms with Gasteiger partial charge in [-0.25, -0.2) is 0 Å². The van der Waals surface area contributed by atoms with Crippen LogP contribution in [0.15, 0.2) is 97.2 Å². The molecule has 1 unspecified atom stereocenters. The van der Waals surface area contributed by atoms with Crippen molar-refractivity contribution in [3.05, 3.63) is 120 Å². The number of amides is 2. The molecule has 2 amide bonds. The lowest BCUT2D eigenvalue weighted by Crippen LogP contribution is -2.48. The van der Waals surface area contributed by atoms with Crippen LogP contribution in [0.1, 0.15) is 66.3 Å². The molecular weight excluding hydrogens is 482 g/mol. The molecule has 4 aromatic rings. The van der Waals surface area contributed by atoms with E-state index in [9.17, 15) is 9.59 Å². The fraction of sp³-hybridized carbons (Fsp3) is 0.294. The SMILES string of the molecule is CCCN(CC(=O)N1CCn2cccc2C1c1ccc(C(C)C)cc1)C(=O)c1ccc(-c2ccccc2)cc1. The fourth-order valence-electron chi connectivity index (χ4n) is 5.46. The van der Waals surface area contributed by atoms with Crippen molar-refractivity contribution in [2.24, 2.45) is 0 Å². The Labute approximate surface area is 231 Å². The van der Waals surface area contributed by atoms with Gasteiger partial charge in [-0.3, -0.25) is 9.59 Å².